The van der Waals surface area contributed by atoms with Crippen LogP contribution in [0.15, 0.2) is 70.3 Å². The molecule has 1 fully saturated rings. The SMILES string of the molecule is C=c1ncc(Br)c2c1=C(Nc1ccc(Oc3ccccc3)cc1)NC(=NC1CCN(C)CC1)N2. The molecule has 0 saturated carbocycles. The Bertz CT molecular complexity index is 1300. The number of guanidine groups is 1. The molecule has 34 heavy (non-hydrogen) atoms. The van der Waals surface area contributed by atoms with Gasteiger partial charge in [0.05, 0.1) is 26.8 Å². The first-order valence-corrected chi connectivity index (χ1v) is 12.1. The number of hydrogen-bond acceptors (Lipinski definition) is 5. The third-order valence-corrected chi connectivity index (χ3v) is 6.55. The van der Waals surface area contributed by atoms with E-state index < -0.39 is 0 Å². The smallest absolute Gasteiger partial charge is 0.201 e. The molecule has 0 radical (unpaired) electrons. The second kappa shape index (κ2) is 9.87. The number of rotatable bonds is 5. The number of aliphatic imine (C=N–C) groups is 1. The Kier molecular flexibility index (Phi) is 6.51. The van der Waals surface area contributed by atoms with Gasteiger partial charge in [0.2, 0.25) is 5.96 Å². The van der Waals surface area contributed by atoms with Gasteiger partial charge < -0.3 is 25.6 Å². The first-order chi connectivity index (χ1) is 16.5. The summed E-state index contributed by atoms with van der Waals surface area (Å²) in [7, 11) is 2.16. The van der Waals surface area contributed by atoms with E-state index in [1.165, 1.54) is 0 Å². The van der Waals surface area contributed by atoms with E-state index in [0.717, 1.165) is 70.3 Å². The van der Waals surface area contributed by atoms with Crippen LogP contribution in [0.1, 0.15) is 12.8 Å². The summed E-state index contributed by atoms with van der Waals surface area (Å²) in [6.45, 7) is 6.25. The minimum atomic E-state index is 0.281. The molecule has 7 nitrogen and oxygen atoms in total. The van der Waals surface area contributed by atoms with Gasteiger partial charge >= 0.3 is 0 Å². The lowest BCUT2D eigenvalue weighted by Crippen LogP contribution is -2.48. The quantitative estimate of drug-likeness (QED) is 0.478. The fraction of sp³-hybridized carbons (Fsp3) is 0.231. The van der Waals surface area contributed by atoms with Gasteiger partial charge in [-0.25, -0.2) is 4.99 Å². The molecule has 0 spiro atoms. The molecular weight excluding hydrogens is 492 g/mol. The zero-order chi connectivity index (χ0) is 23.5. The van der Waals surface area contributed by atoms with Gasteiger partial charge in [0.1, 0.15) is 17.3 Å². The summed E-state index contributed by atoms with van der Waals surface area (Å²) in [5.41, 5.74) is 1.81. The number of hydrogen-bond donors (Lipinski definition) is 3. The third-order valence-electron chi connectivity index (χ3n) is 5.95. The number of ether oxygens (including phenoxy) is 1. The third kappa shape index (κ3) is 5.08. The molecule has 0 bridgehead atoms. The molecule has 0 amide bonds. The largest absolute Gasteiger partial charge is 0.457 e. The fourth-order valence-electron chi connectivity index (χ4n) is 4.09. The molecular formula is C26H27BrN6O. The van der Waals surface area contributed by atoms with Gasteiger partial charge in [-0.15, -0.1) is 0 Å². The molecule has 2 aliphatic heterocycles. The number of likely N-dealkylation sites (tertiary alicyclic amines) is 1. The lowest BCUT2D eigenvalue weighted by molar-refractivity contribution is 0.257. The summed E-state index contributed by atoms with van der Waals surface area (Å²) < 4.78 is 6.77. The van der Waals surface area contributed by atoms with Crippen LogP contribution < -0.4 is 31.3 Å². The highest BCUT2D eigenvalue weighted by Gasteiger charge is 2.21. The van der Waals surface area contributed by atoms with Crippen molar-refractivity contribution < 1.29 is 4.74 Å². The van der Waals surface area contributed by atoms with E-state index in [-0.39, 0.29) is 6.04 Å². The van der Waals surface area contributed by atoms with Gasteiger partial charge in [0.25, 0.3) is 0 Å². The number of para-hydroxylation sites is 1. The molecule has 174 valence electrons. The number of benzene rings is 2. The molecule has 0 aliphatic carbocycles. The average molecular weight is 519 g/mol. The molecule has 5 rings (SSSR count). The molecule has 0 atom stereocenters. The van der Waals surface area contributed by atoms with Crippen LogP contribution in [0.5, 0.6) is 11.5 Å². The van der Waals surface area contributed by atoms with Crippen LogP contribution in [0.4, 0.5) is 11.4 Å². The van der Waals surface area contributed by atoms with E-state index in [4.69, 9.17) is 9.73 Å². The number of pyridine rings is 1. The van der Waals surface area contributed by atoms with E-state index in [2.05, 4.69) is 55.4 Å². The predicted molar refractivity (Wildman–Crippen MR) is 141 cm³/mol. The molecule has 3 N–H and O–H groups in total. The van der Waals surface area contributed by atoms with Crippen LogP contribution in [0.2, 0.25) is 0 Å². The lowest BCUT2D eigenvalue weighted by atomic mass is 10.1. The maximum atomic E-state index is 5.91. The van der Waals surface area contributed by atoms with Crippen molar-refractivity contribution in [1.29, 1.82) is 0 Å². The van der Waals surface area contributed by atoms with Gasteiger partial charge in [0.15, 0.2) is 0 Å². The van der Waals surface area contributed by atoms with Crippen molar-refractivity contribution in [1.82, 2.24) is 15.2 Å². The minimum Gasteiger partial charge on any atom is -0.457 e. The van der Waals surface area contributed by atoms with Crippen LogP contribution in [-0.2, 0) is 0 Å². The monoisotopic (exact) mass is 518 g/mol. The van der Waals surface area contributed by atoms with Crippen LogP contribution >= 0.6 is 15.9 Å². The summed E-state index contributed by atoms with van der Waals surface area (Å²) in [5, 5.41) is 11.9. The Hall–Kier alpha value is -3.36. The Morgan fingerprint density at radius 3 is 2.50 bits per heavy atom. The van der Waals surface area contributed by atoms with E-state index in [9.17, 15) is 0 Å². The van der Waals surface area contributed by atoms with Crippen molar-refractivity contribution in [2.75, 3.05) is 30.8 Å². The number of anilines is 2. The maximum absolute atomic E-state index is 5.91. The highest BCUT2D eigenvalue weighted by molar-refractivity contribution is 9.10. The second-order valence-electron chi connectivity index (χ2n) is 8.50. The molecule has 2 aromatic carbocycles. The molecule has 8 heteroatoms. The van der Waals surface area contributed by atoms with Crippen LogP contribution in [0.25, 0.3) is 12.4 Å². The molecule has 3 heterocycles. The average Bonchev–Trinajstić information content (AvgIpc) is 2.85. The molecule has 0 unspecified atom stereocenters. The Morgan fingerprint density at radius 2 is 1.76 bits per heavy atom. The summed E-state index contributed by atoms with van der Waals surface area (Å²) in [5.74, 6) is 3.09. The number of nitrogens with one attached hydrogen (secondary N) is 3. The van der Waals surface area contributed by atoms with Gasteiger partial charge in [-0.3, -0.25) is 4.98 Å². The van der Waals surface area contributed by atoms with Crippen LogP contribution in [-0.4, -0.2) is 42.0 Å². The van der Waals surface area contributed by atoms with Crippen molar-refractivity contribution >= 4 is 45.7 Å². The number of aromatic nitrogens is 1. The minimum absolute atomic E-state index is 0.281. The number of fused-ring (bicyclic) bond motifs is 1. The highest BCUT2D eigenvalue weighted by atomic mass is 79.9. The predicted octanol–water partition coefficient (Wildman–Crippen LogP) is 3.69. The van der Waals surface area contributed by atoms with Gasteiger partial charge in [-0.05, 0) is 85.3 Å². The van der Waals surface area contributed by atoms with Crippen molar-refractivity contribution in [2.45, 2.75) is 18.9 Å². The first-order valence-electron chi connectivity index (χ1n) is 11.3. The number of halogens is 1. The fourth-order valence-corrected chi connectivity index (χ4v) is 4.49. The summed E-state index contributed by atoms with van der Waals surface area (Å²) >= 11 is 3.63. The second-order valence-corrected chi connectivity index (χ2v) is 9.36. The van der Waals surface area contributed by atoms with Crippen molar-refractivity contribution in [3.8, 4) is 11.5 Å². The standard InChI is InChI=1S/C26H27BrN6O/c1-17-23-24(22(27)16-28-17)31-26(30-19-12-14-33(2)15-13-19)32-25(23)29-18-8-10-21(11-9-18)34-20-6-4-3-5-7-20/h3-11,16,19,29H,1,12-15H2,2H3,(H2,30,31,32). The zero-order valence-corrected chi connectivity index (χ0v) is 20.6. The molecule has 2 aliphatic rings. The summed E-state index contributed by atoms with van der Waals surface area (Å²) in [4.78, 5) is 11.7. The number of piperidine rings is 1. The molecule has 1 saturated heterocycles. The van der Waals surface area contributed by atoms with Gasteiger partial charge in [0, 0.05) is 11.9 Å². The van der Waals surface area contributed by atoms with Gasteiger partial charge in [-0.1, -0.05) is 24.8 Å². The van der Waals surface area contributed by atoms with Crippen LogP contribution in [0, 0.1) is 0 Å². The zero-order valence-electron chi connectivity index (χ0n) is 19.0. The first kappa shape index (κ1) is 22.4. The highest BCUT2D eigenvalue weighted by Crippen LogP contribution is 2.24. The van der Waals surface area contributed by atoms with E-state index in [1.54, 1.807) is 6.20 Å². The van der Waals surface area contributed by atoms with E-state index in [0.29, 0.717) is 5.35 Å². The van der Waals surface area contributed by atoms with Crippen LogP contribution in [0.3, 0.4) is 0 Å². The van der Waals surface area contributed by atoms with E-state index in [1.807, 2.05) is 54.6 Å². The van der Waals surface area contributed by atoms with Crippen molar-refractivity contribution in [3.63, 3.8) is 0 Å². The topological polar surface area (TPSA) is 73.8 Å². The summed E-state index contributed by atoms with van der Waals surface area (Å²) in [6, 6.07) is 17.9. The molecule has 3 aromatic rings. The van der Waals surface area contributed by atoms with Gasteiger partial charge in [-0.2, -0.15) is 0 Å². The maximum Gasteiger partial charge on any atom is 0.201 e. The van der Waals surface area contributed by atoms with E-state index >= 15 is 0 Å². The lowest BCUT2D eigenvalue weighted by Gasteiger charge is -2.29. The molecule has 1 aromatic heterocycles. The Labute approximate surface area is 207 Å². The Morgan fingerprint density at radius 1 is 1.06 bits per heavy atom. The Balaban J connectivity index is 1.41. The van der Waals surface area contributed by atoms with Crippen molar-refractivity contribution in [3.05, 3.63) is 75.8 Å². The number of nitrogens with zero attached hydrogens (tertiary/aromatic N) is 3. The summed E-state index contributed by atoms with van der Waals surface area (Å²) in [6.07, 6.45) is 3.85. The normalized spacial score (nSPS) is 17.6. The van der Waals surface area contributed by atoms with Crippen molar-refractivity contribution in [2.24, 2.45) is 4.99 Å².